The number of hydrogen-bond donors (Lipinski definition) is 3. The molecule has 1 aromatic rings. The number of aromatic amines is 1. The van der Waals surface area contributed by atoms with Crippen LogP contribution in [0.3, 0.4) is 0 Å². The molecule has 2 amide bonds. The quantitative estimate of drug-likeness (QED) is 0.0541. The number of rotatable bonds is 23. The number of amides is 2. The number of H-pyrrole nitrogens is 1. The molecule has 478 valence electrons. The van der Waals surface area contributed by atoms with Crippen molar-refractivity contribution in [2.75, 3.05) is 39.4 Å². The zero-order chi connectivity index (χ0) is 64.0. The number of ether oxygens (including phenoxy) is 5. The third-order valence-electron chi connectivity index (χ3n) is 19.8. The number of carbonyl (C=O) groups excluding carboxylic acids is 5. The van der Waals surface area contributed by atoms with E-state index < -0.39 is 46.3 Å². The third kappa shape index (κ3) is 16.6. The number of aliphatic imine (C=N–C) groups is 1. The maximum absolute atomic E-state index is 15.8. The molecule has 4 rings (SSSR count). The summed E-state index contributed by atoms with van der Waals surface area (Å²) in [5.41, 5.74) is -0.934. The second kappa shape index (κ2) is 28.2. The largest absolute Gasteiger partial charge is 0.465 e. The highest BCUT2D eigenvalue weighted by atomic mass is 16.6. The molecule has 84 heavy (non-hydrogen) atoms. The van der Waals surface area contributed by atoms with Gasteiger partial charge < -0.3 is 39.3 Å². The van der Waals surface area contributed by atoms with Crippen molar-refractivity contribution in [1.29, 1.82) is 0 Å². The van der Waals surface area contributed by atoms with Gasteiger partial charge >= 0.3 is 17.9 Å². The van der Waals surface area contributed by atoms with E-state index in [1.165, 1.54) is 0 Å². The maximum Gasteiger partial charge on any atom is 0.342 e. The van der Waals surface area contributed by atoms with E-state index in [0.29, 0.717) is 72.9 Å². The fourth-order valence-electron chi connectivity index (χ4n) is 13.8. The molecule has 1 aromatic heterocycles. The van der Waals surface area contributed by atoms with Crippen LogP contribution in [-0.2, 0) is 42.9 Å². The summed E-state index contributed by atoms with van der Waals surface area (Å²) in [5, 5.41) is 6.40. The number of hydrogen-bond acceptors (Lipinski definition) is 11. The summed E-state index contributed by atoms with van der Waals surface area (Å²) in [6.45, 7) is 51.2. The summed E-state index contributed by atoms with van der Waals surface area (Å²) in [5.74, 6) is -1.39. The van der Waals surface area contributed by atoms with Gasteiger partial charge in [-0.25, -0.2) is 14.6 Å². The van der Waals surface area contributed by atoms with Gasteiger partial charge in [-0.2, -0.15) is 0 Å². The minimum atomic E-state index is -1.12. The van der Waals surface area contributed by atoms with Crippen LogP contribution in [0.2, 0.25) is 0 Å². The molecule has 2 saturated carbocycles. The highest BCUT2D eigenvalue weighted by Crippen LogP contribution is 2.52. The minimum Gasteiger partial charge on any atom is -0.465 e. The Labute approximate surface area is 509 Å². The standard InChI is InChI=1S/C70H118N4O10/c1-27-68(23,24)63(79)82-33-31-32-69(28-2,29-3)61(77)73-57-53(59(75)83-55-45(64(11,12)13)34-43(9)35-46(55)65(14,15)16)51(41(5)6)49(71-57)38-50-52(42(7)8)54(58(72-50)74-62(78)70(30-4,39-80-25)40-81-26)60(76)84-56-47(66(17,18)19)36-44(10)37-48(56)67(20,21)22/h38,41-48,55-56,71H,27-37,39-40H2,1-26H3,(H,73,77)(H,72,74,78)/b50-38-. The van der Waals surface area contributed by atoms with Gasteiger partial charge in [-0.15, -0.1) is 0 Å². The van der Waals surface area contributed by atoms with E-state index >= 15 is 14.4 Å². The molecule has 2 heterocycles. The molecule has 14 nitrogen and oxygen atoms in total. The van der Waals surface area contributed by atoms with Crippen LogP contribution >= 0.6 is 0 Å². The smallest absolute Gasteiger partial charge is 0.342 e. The van der Waals surface area contributed by atoms with Crippen LogP contribution in [0, 0.1) is 79.3 Å². The van der Waals surface area contributed by atoms with Crippen molar-refractivity contribution in [1.82, 2.24) is 10.3 Å². The van der Waals surface area contributed by atoms with Crippen LogP contribution in [-0.4, -0.2) is 86.8 Å². The van der Waals surface area contributed by atoms with Gasteiger partial charge in [-0.05, 0) is 141 Å². The number of nitrogens with zero attached hydrogens (tertiary/aromatic N) is 1. The molecule has 14 heteroatoms. The van der Waals surface area contributed by atoms with Crippen LogP contribution in [0.4, 0.5) is 5.82 Å². The lowest BCUT2D eigenvalue weighted by molar-refractivity contribution is -0.164. The molecule has 4 unspecified atom stereocenters. The van der Waals surface area contributed by atoms with Gasteiger partial charge in [0.25, 0.3) is 0 Å². The number of aromatic nitrogens is 1. The Balaban J connectivity index is 2.10. The highest BCUT2D eigenvalue weighted by molar-refractivity contribution is 6.26. The summed E-state index contributed by atoms with van der Waals surface area (Å²) >= 11 is 0. The maximum atomic E-state index is 15.8. The van der Waals surface area contributed by atoms with Gasteiger partial charge in [0.2, 0.25) is 11.8 Å². The van der Waals surface area contributed by atoms with Crippen molar-refractivity contribution in [2.45, 2.75) is 249 Å². The zero-order valence-electron chi connectivity index (χ0n) is 57.6. The second-order valence-electron chi connectivity index (χ2n) is 31.4. The van der Waals surface area contributed by atoms with Gasteiger partial charge in [0.1, 0.15) is 35.0 Å². The lowest BCUT2D eigenvalue weighted by Crippen LogP contribution is -2.51. The molecule has 4 atom stereocenters. The van der Waals surface area contributed by atoms with Gasteiger partial charge in [-0.3, -0.25) is 14.4 Å². The number of amidine groups is 1. The normalized spacial score (nSPS) is 23.7. The average molecular weight is 1180 g/mol. The van der Waals surface area contributed by atoms with E-state index in [1.54, 1.807) is 14.2 Å². The van der Waals surface area contributed by atoms with Gasteiger partial charge in [-0.1, -0.05) is 152 Å². The second-order valence-corrected chi connectivity index (χ2v) is 31.4. The molecule has 0 spiro atoms. The van der Waals surface area contributed by atoms with Crippen LogP contribution in [0.1, 0.15) is 258 Å². The summed E-state index contributed by atoms with van der Waals surface area (Å²) in [6.07, 6.45) is 7.47. The first-order valence-electron chi connectivity index (χ1n) is 32.2. The first-order chi connectivity index (χ1) is 38.6. The Morgan fingerprint density at radius 1 is 0.607 bits per heavy atom. The molecule has 2 aliphatic carbocycles. The van der Waals surface area contributed by atoms with Crippen molar-refractivity contribution < 1.29 is 47.7 Å². The highest BCUT2D eigenvalue weighted by Gasteiger charge is 2.51. The number of nitrogens with one attached hydrogen (secondary N) is 3. The van der Waals surface area contributed by atoms with Crippen molar-refractivity contribution >= 4 is 47.5 Å². The average Bonchev–Trinajstić information content (AvgIpc) is 2.25. The van der Waals surface area contributed by atoms with Crippen molar-refractivity contribution in [2.24, 2.45) is 84.3 Å². The van der Waals surface area contributed by atoms with Crippen LogP contribution in [0.15, 0.2) is 21.8 Å². The zero-order valence-corrected chi connectivity index (χ0v) is 57.6. The molecule has 0 bridgehead atoms. The fourth-order valence-corrected chi connectivity index (χ4v) is 13.8. The molecule has 2 fully saturated rings. The molecule has 0 saturated heterocycles. The molecular formula is C70H118N4O10. The molecule has 0 radical (unpaired) electrons. The summed E-state index contributed by atoms with van der Waals surface area (Å²) in [7, 11) is 3.10. The van der Waals surface area contributed by atoms with Crippen molar-refractivity contribution in [3.8, 4) is 0 Å². The monoisotopic (exact) mass is 1170 g/mol. The van der Waals surface area contributed by atoms with Gasteiger partial charge in [0.05, 0.1) is 36.3 Å². The van der Waals surface area contributed by atoms with E-state index in [4.69, 9.17) is 28.7 Å². The Morgan fingerprint density at radius 2 is 1.04 bits per heavy atom. The Morgan fingerprint density at radius 3 is 1.42 bits per heavy atom. The Hall–Kier alpha value is -4.30. The minimum absolute atomic E-state index is 0.0450. The molecule has 0 aromatic carbocycles. The third-order valence-corrected chi connectivity index (χ3v) is 19.8. The lowest BCUT2D eigenvalue weighted by Gasteiger charge is -2.50. The van der Waals surface area contributed by atoms with E-state index in [1.807, 2.05) is 75.3 Å². The van der Waals surface area contributed by atoms with E-state index in [2.05, 4.69) is 113 Å². The molecular weight excluding hydrogens is 1060 g/mol. The number of anilines is 1. The van der Waals surface area contributed by atoms with Gasteiger partial charge in [0, 0.05) is 49.0 Å². The van der Waals surface area contributed by atoms with Crippen LogP contribution in [0.25, 0.3) is 6.08 Å². The van der Waals surface area contributed by atoms with Crippen LogP contribution < -0.4 is 10.6 Å². The molecule has 3 N–H and O–H groups in total. The summed E-state index contributed by atoms with van der Waals surface area (Å²) in [4.78, 5) is 83.4. The van der Waals surface area contributed by atoms with E-state index in [0.717, 1.165) is 25.7 Å². The predicted octanol–water partition coefficient (Wildman–Crippen LogP) is 16.1. The van der Waals surface area contributed by atoms with Crippen LogP contribution in [0.5, 0.6) is 0 Å². The number of esters is 3. The van der Waals surface area contributed by atoms with Crippen molar-refractivity contribution in [3.63, 3.8) is 0 Å². The first-order valence-corrected chi connectivity index (χ1v) is 32.2. The Bertz CT molecular complexity index is 2490. The van der Waals surface area contributed by atoms with E-state index in [-0.39, 0.29) is 112 Å². The fraction of sp³-hybridized carbons (Fsp3) is 0.800. The number of allylic oxidation sites excluding steroid dienone is 1. The number of methoxy groups -OCH3 is 2. The molecule has 3 aliphatic rings. The summed E-state index contributed by atoms with van der Waals surface area (Å²) in [6, 6.07) is 0. The van der Waals surface area contributed by atoms with Crippen molar-refractivity contribution in [3.05, 3.63) is 33.7 Å². The summed E-state index contributed by atoms with van der Waals surface area (Å²) < 4.78 is 31.1. The molecule has 1 aliphatic heterocycles. The van der Waals surface area contributed by atoms with Gasteiger partial charge in [0.15, 0.2) is 0 Å². The number of carbonyl (C=O) groups is 5. The Kier molecular flexibility index (Phi) is 24.3. The SMILES string of the molecule is CCC(C)(C)C(=O)OCCCC(CC)(CC)C(=O)Nc1[nH]c(/C=C2\N=C(NC(=O)C(CC)(COC)COC)C(C(=O)OC3C(C(C)(C)C)CC(C)CC3C(C)(C)C)=C2C(C)C)c(C(C)C)c1C(=O)OC1C(C(C)(C)C)CC(C)CC1C(C)(C)C. The first kappa shape index (κ1) is 72.2. The predicted molar refractivity (Wildman–Crippen MR) is 340 cm³/mol. The van der Waals surface area contributed by atoms with E-state index in [9.17, 15) is 9.59 Å². The lowest BCUT2D eigenvalue weighted by atomic mass is 9.59. The topological polar surface area (TPSA) is 184 Å².